The van der Waals surface area contributed by atoms with Gasteiger partial charge in [-0.3, -0.25) is 0 Å². The fourth-order valence-corrected chi connectivity index (χ4v) is 2.29. The molecule has 1 heterocycles. The molecule has 1 aromatic carbocycles. The van der Waals surface area contributed by atoms with Gasteiger partial charge in [0.15, 0.2) is 5.16 Å². The first kappa shape index (κ1) is 13.0. The Morgan fingerprint density at radius 2 is 2.00 bits per heavy atom. The van der Waals surface area contributed by atoms with Crippen LogP contribution in [0.2, 0.25) is 0 Å². The number of aromatic nitrogens is 2. The molecule has 6 heteroatoms. The summed E-state index contributed by atoms with van der Waals surface area (Å²) < 4.78 is 0.807. The van der Waals surface area contributed by atoms with Crippen LogP contribution in [-0.4, -0.2) is 21.0 Å². The van der Waals surface area contributed by atoms with Crippen LogP contribution in [0.5, 0.6) is 0 Å². The molecule has 0 amide bonds. The maximum atomic E-state index is 11.0. The highest BCUT2D eigenvalue weighted by Gasteiger charge is 2.09. The van der Waals surface area contributed by atoms with E-state index in [0.717, 1.165) is 14.9 Å². The van der Waals surface area contributed by atoms with Crippen LogP contribution in [0.3, 0.4) is 0 Å². The van der Waals surface area contributed by atoms with E-state index in [1.807, 2.05) is 6.07 Å². The zero-order valence-corrected chi connectivity index (χ0v) is 11.8. The zero-order chi connectivity index (χ0) is 13.1. The predicted molar refractivity (Wildman–Crippen MR) is 72.0 cm³/mol. The Morgan fingerprint density at radius 3 is 2.61 bits per heavy atom. The minimum Gasteiger partial charge on any atom is -0.478 e. The molecule has 0 saturated carbocycles. The van der Waals surface area contributed by atoms with Crippen molar-refractivity contribution in [2.45, 2.75) is 17.0 Å². The molecule has 1 N–H and O–H groups in total. The summed E-state index contributed by atoms with van der Waals surface area (Å²) in [7, 11) is 0. The van der Waals surface area contributed by atoms with Crippen molar-refractivity contribution in [2.24, 2.45) is 0 Å². The number of carbonyl (C=O) groups is 1. The molecule has 0 unspecified atom stereocenters. The Hall–Kier alpha value is -1.40. The third-order valence-corrected chi connectivity index (χ3v) is 3.54. The summed E-state index contributed by atoms with van der Waals surface area (Å²) in [5.74, 6) is -0.924. The summed E-state index contributed by atoms with van der Waals surface area (Å²) in [5.41, 5.74) is 1.04. The molecule has 2 rings (SSSR count). The first-order valence-corrected chi connectivity index (χ1v) is 6.66. The summed E-state index contributed by atoms with van der Waals surface area (Å²) in [6.45, 7) is 1.77. The smallest absolute Gasteiger partial charge is 0.335 e. The quantitative estimate of drug-likeness (QED) is 0.877. The SMILES string of the molecule is Cc1ccc(Sc2ncc(Br)cn2)cc1C(=O)O. The standard InChI is InChI=1S/C12H9BrN2O2S/c1-7-2-3-9(4-10(7)11(16)17)18-12-14-5-8(13)6-15-12/h2-6H,1H3,(H,16,17). The van der Waals surface area contributed by atoms with Gasteiger partial charge in [-0.15, -0.1) is 0 Å². The van der Waals surface area contributed by atoms with E-state index in [9.17, 15) is 4.79 Å². The number of benzene rings is 1. The number of hydrogen-bond donors (Lipinski definition) is 1. The van der Waals surface area contributed by atoms with Crippen molar-refractivity contribution < 1.29 is 9.90 Å². The highest BCUT2D eigenvalue weighted by Crippen LogP contribution is 2.26. The molecule has 1 aromatic heterocycles. The summed E-state index contributed by atoms with van der Waals surface area (Å²) in [4.78, 5) is 20.1. The van der Waals surface area contributed by atoms with Crippen LogP contribution in [0.1, 0.15) is 15.9 Å². The normalized spacial score (nSPS) is 10.3. The summed E-state index contributed by atoms with van der Waals surface area (Å²) >= 11 is 4.59. The number of aryl methyl sites for hydroxylation is 1. The van der Waals surface area contributed by atoms with Crippen LogP contribution in [-0.2, 0) is 0 Å². The molecule has 0 fully saturated rings. The first-order chi connectivity index (χ1) is 8.56. The topological polar surface area (TPSA) is 63.1 Å². The third kappa shape index (κ3) is 3.08. The van der Waals surface area contributed by atoms with Gasteiger partial charge >= 0.3 is 5.97 Å². The Balaban J connectivity index is 2.27. The number of nitrogens with zero attached hydrogens (tertiary/aromatic N) is 2. The van der Waals surface area contributed by atoms with E-state index in [2.05, 4.69) is 25.9 Å². The number of halogens is 1. The van der Waals surface area contributed by atoms with Gasteiger partial charge in [0, 0.05) is 17.3 Å². The predicted octanol–water partition coefficient (Wildman–Crippen LogP) is 3.40. The van der Waals surface area contributed by atoms with Gasteiger partial charge in [0.05, 0.1) is 10.0 Å². The second-order valence-corrected chi connectivity index (χ2v) is 5.52. The molecule has 0 spiro atoms. The fourth-order valence-electron chi connectivity index (χ4n) is 1.35. The van der Waals surface area contributed by atoms with Gasteiger partial charge in [-0.25, -0.2) is 14.8 Å². The van der Waals surface area contributed by atoms with Gasteiger partial charge < -0.3 is 5.11 Å². The van der Waals surface area contributed by atoms with Crippen molar-refractivity contribution in [1.29, 1.82) is 0 Å². The number of hydrogen-bond acceptors (Lipinski definition) is 4. The van der Waals surface area contributed by atoms with Gasteiger partial charge in [-0.2, -0.15) is 0 Å². The number of aromatic carboxylic acids is 1. The Labute approximate surface area is 117 Å². The minimum absolute atomic E-state index is 0.303. The van der Waals surface area contributed by atoms with Crippen molar-refractivity contribution in [2.75, 3.05) is 0 Å². The molecule has 18 heavy (non-hydrogen) atoms. The minimum atomic E-state index is -0.924. The van der Waals surface area contributed by atoms with E-state index in [4.69, 9.17) is 5.11 Å². The average molecular weight is 325 g/mol. The van der Waals surface area contributed by atoms with Crippen molar-refractivity contribution in [3.63, 3.8) is 0 Å². The van der Waals surface area contributed by atoms with Gasteiger partial charge in [0.2, 0.25) is 0 Å². The van der Waals surface area contributed by atoms with Crippen LogP contribution in [0, 0.1) is 6.92 Å². The average Bonchev–Trinajstić information content (AvgIpc) is 2.34. The molecular formula is C12H9BrN2O2S. The lowest BCUT2D eigenvalue weighted by molar-refractivity contribution is 0.0696. The fraction of sp³-hybridized carbons (Fsp3) is 0.0833. The van der Waals surface area contributed by atoms with Crippen molar-refractivity contribution >= 4 is 33.7 Å². The van der Waals surface area contributed by atoms with Gasteiger partial charge in [0.25, 0.3) is 0 Å². The Bertz CT molecular complexity index is 587. The van der Waals surface area contributed by atoms with Crippen LogP contribution in [0.4, 0.5) is 0 Å². The van der Waals surface area contributed by atoms with Crippen LogP contribution < -0.4 is 0 Å². The summed E-state index contributed by atoms with van der Waals surface area (Å²) in [6.07, 6.45) is 3.31. The highest BCUT2D eigenvalue weighted by molar-refractivity contribution is 9.10. The number of carboxylic acid groups (broad SMARTS) is 1. The molecule has 0 radical (unpaired) electrons. The molecule has 0 aliphatic rings. The second kappa shape index (κ2) is 5.49. The van der Waals surface area contributed by atoms with E-state index < -0.39 is 5.97 Å². The molecule has 2 aromatic rings. The molecular weight excluding hydrogens is 316 g/mol. The monoisotopic (exact) mass is 324 g/mol. The van der Waals surface area contributed by atoms with E-state index in [1.165, 1.54) is 11.8 Å². The van der Waals surface area contributed by atoms with Crippen LogP contribution >= 0.6 is 27.7 Å². The summed E-state index contributed by atoms with van der Waals surface area (Å²) in [5, 5.41) is 9.63. The maximum Gasteiger partial charge on any atom is 0.335 e. The molecule has 0 aliphatic carbocycles. The van der Waals surface area contributed by atoms with E-state index in [-0.39, 0.29) is 0 Å². The molecule has 4 nitrogen and oxygen atoms in total. The molecule has 92 valence electrons. The lowest BCUT2D eigenvalue weighted by Crippen LogP contribution is -1.99. The molecule has 0 aliphatic heterocycles. The Morgan fingerprint density at radius 1 is 1.33 bits per heavy atom. The van der Waals surface area contributed by atoms with Crippen molar-refractivity contribution in [3.05, 3.63) is 46.2 Å². The maximum absolute atomic E-state index is 11.0. The molecule has 0 atom stereocenters. The largest absolute Gasteiger partial charge is 0.478 e. The lowest BCUT2D eigenvalue weighted by Gasteiger charge is -2.04. The zero-order valence-electron chi connectivity index (χ0n) is 9.42. The van der Waals surface area contributed by atoms with Crippen LogP contribution in [0.15, 0.2) is 45.1 Å². The van der Waals surface area contributed by atoms with E-state index in [1.54, 1.807) is 31.5 Å². The van der Waals surface area contributed by atoms with Gasteiger partial charge in [0.1, 0.15) is 0 Å². The van der Waals surface area contributed by atoms with Gasteiger partial charge in [-0.1, -0.05) is 6.07 Å². The van der Waals surface area contributed by atoms with Gasteiger partial charge in [-0.05, 0) is 52.3 Å². The Kier molecular flexibility index (Phi) is 3.98. The van der Waals surface area contributed by atoms with Crippen LogP contribution in [0.25, 0.3) is 0 Å². The molecule has 0 bridgehead atoms. The first-order valence-electron chi connectivity index (χ1n) is 5.05. The molecule has 0 saturated heterocycles. The summed E-state index contributed by atoms with van der Waals surface area (Å²) in [6, 6.07) is 5.27. The lowest BCUT2D eigenvalue weighted by atomic mass is 10.1. The third-order valence-electron chi connectivity index (χ3n) is 2.25. The van der Waals surface area contributed by atoms with E-state index >= 15 is 0 Å². The van der Waals surface area contributed by atoms with E-state index in [0.29, 0.717) is 10.7 Å². The van der Waals surface area contributed by atoms with Crippen molar-refractivity contribution in [1.82, 2.24) is 9.97 Å². The number of rotatable bonds is 3. The highest BCUT2D eigenvalue weighted by atomic mass is 79.9. The number of carboxylic acids is 1. The second-order valence-electron chi connectivity index (χ2n) is 3.57. The van der Waals surface area contributed by atoms with Crippen molar-refractivity contribution in [3.8, 4) is 0 Å².